The molecule has 0 aliphatic rings. The van der Waals surface area contributed by atoms with Crippen molar-refractivity contribution in [3.8, 4) is 0 Å². The van der Waals surface area contributed by atoms with Crippen LogP contribution in [0.5, 0.6) is 0 Å². The smallest absolute Gasteiger partial charge is 0.871 e. The zero-order chi connectivity index (χ0) is 29.6. The first-order valence-corrected chi connectivity index (χ1v) is 13.9. The standard InChI is InChI=1S/C11H13F2O4P.C9H8F2O2.C3H9O3P.Na/c1-16-18(15,17-2)8-10(14)11(12,13)9-6-4-3-5-7-9;1-13-8(12)9(10,11)7-5-3-2-4-6-7;1-5-7(3,4)6-2;/h3-8,14H,1-2H3;2-6H,1H3;1-3H3;/q;;;+1/p-1/b10-8-;;;. The number of benzene rings is 2. The predicted molar refractivity (Wildman–Crippen MR) is 130 cm³/mol. The van der Waals surface area contributed by atoms with E-state index in [9.17, 15) is 36.6 Å². The van der Waals surface area contributed by atoms with Gasteiger partial charge in [-0.3, -0.25) is 9.13 Å². The van der Waals surface area contributed by atoms with E-state index in [-0.39, 0.29) is 35.1 Å². The number of esters is 1. The molecule has 2 rings (SSSR count). The number of carbonyl (C=O) groups is 1. The summed E-state index contributed by atoms with van der Waals surface area (Å²) in [4.78, 5) is 10.7. The molecule has 2 aromatic carbocycles. The van der Waals surface area contributed by atoms with Gasteiger partial charge in [0.1, 0.15) is 0 Å². The van der Waals surface area contributed by atoms with Gasteiger partial charge in [-0.1, -0.05) is 60.7 Å². The van der Waals surface area contributed by atoms with Crippen LogP contribution in [-0.2, 0) is 48.6 Å². The Morgan fingerprint density at radius 2 is 1.10 bits per heavy atom. The first-order chi connectivity index (χ1) is 17.6. The molecular weight excluding hydrogens is 581 g/mol. The molecule has 16 heteroatoms. The van der Waals surface area contributed by atoms with Crippen LogP contribution >= 0.6 is 15.2 Å². The Morgan fingerprint density at radius 3 is 1.38 bits per heavy atom. The number of allylic oxidation sites excluding steroid dienone is 1. The average Bonchev–Trinajstić information content (AvgIpc) is 2.94. The molecule has 0 radical (unpaired) electrons. The third kappa shape index (κ3) is 13.1. The fraction of sp³-hybridized carbons (Fsp3) is 0.348. The van der Waals surface area contributed by atoms with Crippen LogP contribution in [-0.4, -0.2) is 48.2 Å². The normalized spacial score (nSPS) is 12.1. The number of hydrogen-bond donors (Lipinski definition) is 0. The van der Waals surface area contributed by atoms with Gasteiger partial charge in [0.05, 0.1) is 7.11 Å². The van der Waals surface area contributed by atoms with Crippen LogP contribution in [0.15, 0.2) is 72.2 Å². The molecule has 0 aliphatic carbocycles. The third-order valence-corrected chi connectivity index (χ3v) is 7.37. The number of halogens is 4. The number of alkyl halides is 4. The second kappa shape index (κ2) is 18.0. The van der Waals surface area contributed by atoms with Crippen LogP contribution in [0.4, 0.5) is 17.6 Å². The Hall–Kier alpha value is -1.53. The summed E-state index contributed by atoms with van der Waals surface area (Å²) in [5.41, 5.74) is -0.841. The van der Waals surface area contributed by atoms with Crippen molar-refractivity contribution < 1.29 is 89.0 Å². The molecule has 0 aliphatic heterocycles. The Morgan fingerprint density at radius 1 is 0.744 bits per heavy atom. The predicted octanol–water partition coefficient (Wildman–Crippen LogP) is 2.52. The summed E-state index contributed by atoms with van der Waals surface area (Å²) in [5.74, 6) is -10.2. The first-order valence-electron chi connectivity index (χ1n) is 10.3. The molecule has 0 heterocycles. The van der Waals surface area contributed by atoms with Crippen LogP contribution in [0, 0.1) is 0 Å². The van der Waals surface area contributed by atoms with Gasteiger partial charge in [0, 0.05) is 52.0 Å². The van der Waals surface area contributed by atoms with Crippen molar-refractivity contribution in [2.24, 2.45) is 0 Å². The zero-order valence-corrected chi connectivity index (χ0v) is 26.2. The van der Waals surface area contributed by atoms with Gasteiger partial charge < -0.3 is 27.9 Å². The van der Waals surface area contributed by atoms with E-state index in [1.54, 1.807) is 12.1 Å². The number of hydrogen-bond acceptors (Lipinski definition) is 9. The largest absolute Gasteiger partial charge is 1.00 e. The maximum absolute atomic E-state index is 13.7. The summed E-state index contributed by atoms with van der Waals surface area (Å²) in [6, 6.07) is 13.3. The summed E-state index contributed by atoms with van der Waals surface area (Å²) >= 11 is 0. The average molecular weight is 610 g/mol. The van der Waals surface area contributed by atoms with Gasteiger partial charge in [0.15, 0.2) is 0 Å². The summed E-state index contributed by atoms with van der Waals surface area (Å²) in [7, 11) is -0.913. The van der Waals surface area contributed by atoms with Gasteiger partial charge in [-0.2, -0.15) is 17.6 Å². The van der Waals surface area contributed by atoms with Crippen LogP contribution in [0.3, 0.4) is 0 Å². The number of rotatable bonds is 9. The SMILES string of the molecule is COC(=O)C(F)(F)c1ccccc1.COP(=O)(/C=C(\[O-])C(F)(F)c1ccccc1)OC.COP(C)(=O)OC.[Na+]. The third-order valence-electron chi connectivity index (χ3n) is 4.47. The molecule has 39 heavy (non-hydrogen) atoms. The van der Waals surface area contributed by atoms with Crippen LogP contribution < -0.4 is 34.7 Å². The van der Waals surface area contributed by atoms with Gasteiger partial charge in [-0.15, -0.1) is 0 Å². The quantitative estimate of drug-likeness (QED) is 0.139. The molecule has 0 saturated carbocycles. The van der Waals surface area contributed by atoms with Gasteiger partial charge in [-0.05, 0) is 5.76 Å². The van der Waals surface area contributed by atoms with Crippen molar-refractivity contribution in [1.29, 1.82) is 0 Å². The second-order valence-corrected chi connectivity index (χ2v) is 11.2. The number of ether oxygens (including phenoxy) is 1. The van der Waals surface area contributed by atoms with Gasteiger partial charge >= 0.3 is 56.6 Å². The Kier molecular flexibility index (Phi) is 18.3. The minimum absolute atomic E-state index is 0. The van der Waals surface area contributed by atoms with Gasteiger partial charge in [0.25, 0.3) is 5.92 Å². The second-order valence-electron chi connectivity index (χ2n) is 6.91. The molecule has 214 valence electrons. The number of methoxy groups -OCH3 is 1. The van der Waals surface area contributed by atoms with Crippen molar-refractivity contribution in [1.82, 2.24) is 0 Å². The van der Waals surface area contributed by atoms with E-state index in [1.165, 1.54) is 57.3 Å². The van der Waals surface area contributed by atoms with Gasteiger partial charge in [-0.25, -0.2) is 4.79 Å². The van der Waals surface area contributed by atoms with Crippen molar-refractivity contribution in [2.75, 3.05) is 42.2 Å². The van der Waals surface area contributed by atoms with Crippen LogP contribution in [0.2, 0.25) is 0 Å². The maximum atomic E-state index is 13.7. The van der Waals surface area contributed by atoms with Gasteiger partial charge in [0.2, 0.25) is 0 Å². The number of carbonyl (C=O) groups excluding carboxylic acids is 1. The topological polar surface area (TPSA) is 120 Å². The molecule has 0 atom stereocenters. The molecule has 0 amide bonds. The molecule has 0 N–H and O–H groups in total. The van der Waals surface area contributed by atoms with E-state index in [1.807, 2.05) is 0 Å². The summed E-state index contributed by atoms with van der Waals surface area (Å²) < 4.78 is 97.4. The summed E-state index contributed by atoms with van der Waals surface area (Å²) in [6.07, 6.45) is 0. The van der Waals surface area contributed by atoms with Crippen molar-refractivity contribution in [3.63, 3.8) is 0 Å². The van der Waals surface area contributed by atoms with E-state index in [0.717, 1.165) is 33.5 Å². The monoisotopic (exact) mass is 610 g/mol. The fourth-order valence-corrected chi connectivity index (χ4v) is 3.12. The molecule has 9 nitrogen and oxygen atoms in total. The molecule has 2 aromatic rings. The Balaban J connectivity index is 0. The Labute approximate surface area is 246 Å². The molecular formula is C23H29F4NaO9P2. The molecule has 0 aromatic heterocycles. The molecule has 0 unspecified atom stereocenters. The maximum Gasteiger partial charge on any atom is 1.00 e. The minimum atomic E-state index is -3.91. The van der Waals surface area contributed by atoms with E-state index in [0.29, 0.717) is 5.82 Å². The summed E-state index contributed by atoms with van der Waals surface area (Å²) in [6.45, 7) is 1.41. The fourth-order valence-electron chi connectivity index (χ4n) is 2.16. The van der Waals surface area contributed by atoms with E-state index >= 15 is 0 Å². The van der Waals surface area contributed by atoms with Crippen molar-refractivity contribution >= 4 is 21.2 Å². The summed E-state index contributed by atoms with van der Waals surface area (Å²) in [5, 5.41) is 11.5. The van der Waals surface area contributed by atoms with E-state index in [4.69, 9.17) is 0 Å². The zero-order valence-electron chi connectivity index (χ0n) is 22.4. The minimum Gasteiger partial charge on any atom is -0.871 e. The Bertz CT molecular complexity index is 1110. The van der Waals surface area contributed by atoms with E-state index < -0.39 is 44.3 Å². The molecule has 0 saturated heterocycles. The van der Waals surface area contributed by atoms with Crippen molar-refractivity contribution in [2.45, 2.75) is 11.8 Å². The molecule has 0 spiro atoms. The van der Waals surface area contributed by atoms with Crippen molar-refractivity contribution in [3.05, 3.63) is 83.4 Å². The molecule has 0 bridgehead atoms. The van der Waals surface area contributed by atoms with Crippen LogP contribution in [0.1, 0.15) is 11.1 Å². The van der Waals surface area contributed by atoms with E-state index in [2.05, 4.69) is 22.8 Å². The molecule has 0 fully saturated rings. The van der Waals surface area contributed by atoms with Crippen LogP contribution in [0.25, 0.3) is 0 Å². The first kappa shape index (κ1) is 39.6.